The third-order valence-electron chi connectivity index (χ3n) is 3.15. The zero-order valence-corrected chi connectivity index (χ0v) is 13.5. The van der Waals surface area contributed by atoms with Crippen LogP contribution in [-0.4, -0.2) is 6.54 Å². The molecule has 0 saturated carbocycles. The molecule has 0 unspecified atom stereocenters. The smallest absolute Gasteiger partial charge is 0.124 e. The molecule has 0 bridgehead atoms. The third-order valence-corrected chi connectivity index (χ3v) is 3.86. The number of rotatable bonds is 7. The number of hydrogen-bond donors (Lipinski definition) is 1. The molecule has 0 heterocycles. The number of benzene rings is 2. The van der Waals surface area contributed by atoms with Crippen LogP contribution in [0.4, 0.5) is 0 Å². The first-order valence-corrected chi connectivity index (χ1v) is 7.82. The topological polar surface area (TPSA) is 21.3 Å². The van der Waals surface area contributed by atoms with E-state index < -0.39 is 0 Å². The van der Waals surface area contributed by atoms with Gasteiger partial charge >= 0.3 is 0 Å². The summed E-state index contributed by atoms with van der Waals surface area (Å²) in [5, 5.41) is 4.64. The molecule has 2 aromatic carbocycles. The monoisotopic (exact) mass is 323 g/mol. The van der Waals surface area contributed by atoms with Gasteiger partial charge in [0.25, 0.3) is 0 Å². The molecule has 0 aliphatic heterocycles. The predicted molar refractivity (Wildman–Crippen MR) is 89.2 cm³/mol. The van der Waals surface area contributed by atoms with Crippen molar-refractivity contribution in [2.24, 2.45) is 0 Å². The van der Waals surface area contributed by atoms with Crippen molar-refractivity contribution in [3.8, 4) is 5.75 Å². The number of hydrogen-bond acceptors (Lipinski definition) is 2. The largest absolute Gasteiger partial charge is 0.488 e. The maximum absolute atomic E-state index is 6.16. The number of halogens is 2. The van der Waals surface area contributed by atoms with Crippen LogP contribution in [0.3, 0.4) is 0 Å². The van der Waals surface area contributed by atoms with Crippen LogP contribution in [0.1, 0.15) is 24.5 Å². The van der Waals surface area contributed by atoms with Crippen molar-refractivity contribution < 1.29 is 4.74 Å². The Morgan fingerprint density at radius 1 is 1.00 bits per heavy atom. The Morgan fingerprint density at radius 3 is 2.43 bits per heavy atom. The van der Waals surface area contributed by atoms with Crippen molar-refractivity contribution in [3.63, 3.8) is 0 Å². The van der Waals surface area contributed by atoms with E-state index >= 15 is 0 Å². The molecule has 0 aliphatic carbocycles. The summed E-state index contributed by atoms with van der Waals surface area (Å²) in [5.74, 6) is 0.858. The molecule has 2 nitrogen and oxygen atoms in total. The molecular weight excluding hydrogens is 305 g/mol. The summed E-state index contributed by atoms with van der Waals surface area (Å²) < 4.78 is 5.91. The van der Waals surface area contributed by atoms with Crippen molar-refractivity contribution in [2.75, 3.05) is 6.54 Å². The lowest BCUT2D eigenvalue weighted by Gasteiger charge is -2.13. The van der Waals surface area contributed by atoms with E-state index in [1.165, 1.54) is 0 Å². The minimum atomic E-state index is 0.364. The molecule has 0 atom stereocenters. The molecule has 21 heavy (non-hydrogen) atoms. The summed E-state index contributed by atoms with van der Waals surface area (Å²) in [5.41, 5.74) is 1.95. The van der Waals surface area contributed by atoms with Gasteiger partial charge in [-0.05, 0) is 31.2 Å². The van der Waals surface area contributed by atoms with Gasteiger partial charge in [-0.25, -0.2) is 0 Å². The number of para-hydroxylation sites is 1. The molecule has 0 spiro atoms. The highest BCUT2D eigenvalue weighted by molar-refractivity contribution is 6.35. The molecule has 0 aromatic heterocycles. The van der Waals surface area contributed by atoms with E-state index in [1.54, 1.807) is 0 Å². The molecule has 0 saturated heterocycles. The van der Waals surface area contributed by atoms with Gasteiger partial charge in [-0.1, -0.05) is 54.4 Å². The highest BCUT2D eigenvalue weighted by Crippen LogP contribution is 2.27. The van der Waals surface area contributed by atoms with E-state index in [0.717, 1.165) is 36.4 Å². The molecule has 4 heteroatoms. The maximum atomic E-state index is 6.16. The normalized spacial score (nSPS) is 10.6. The van der Waals surface area contributed by atoms with Crippen LogP contribution in [0.25, 0.3) is 0 Å². The molecule has 0 aliphatic rings. The van der Waals surface area contributed by atoms with Crippen LogP contribution in [0.5, 0.6) is 5.75 Å². The quantitative estimate of drug-likeness (QED) is 0.718. The lowest BCUT2D eigenvalue weighted by Crippen LogP contribution is -2.14. The number of ether oxygens (including phenoxy) is 1. The van der Waals surface area contributed by atoms with Crippen LogP contribution in [0.2, 0.25) is 10.0 Å². The van der Waals surface area contributed by atoms with Crippen molar-refractivity contribution in [2.45, 2.75) is 26.5 Å². The first-order valence-electron chi connectivity index (χ1n) is 7.06. The predicted octanol–water partition coefficient (Wildman–Crippen LogP) is 5.07. The fourth-order valence-corrected chi connectivity index (χ4v) is 2.52. The van der Waals surface area contributed by atoms with Crippen molar-refractivity contribution in [1.82, 2.24) is 5.32 Å². The van der Waals surface area contributed by atoms with Crippen LogP contribution in [-0.2, 0) is 13.2 Å². The van der Waals surface area contributed by atoms with Crippen molar-refractivity contribution in [3.05, 3.63) is 63.6 Å². The van der Waals surface area contributed by atoms with Gasteiger partial charge in [-0.2, -0.15) is 0 Å². The lowest BCUT2D eigenvalue weighted by atomic mass is 10.2. The Kier molecular flexibility index (Phi) is 6.37. The van der Waals surface area contributed by atoms with Gasteiger partial charge in [0.15, 0.2) is 0 Å². The fourth-order valence-electron chi connectivity index (χ4n) is 2.01. The van der Waals surface area contributed by atoms with Gasteiger partial charge in [0.1, 0.15) is 12.4 Å². The van der Waals surface area contributed by atoms with Gasteiger partial charge in [0.05, 0.1) is 0 Å². The standard InChI is InChI=1S/C17H19Cl2NO/c1-2-10-20-11-13-6-3-4-9-17(13)21-12-14-15(18)7-5-8-16(14)19/h3-9,20H,2,10-12H2,1H3. The number of nitrogens with one attached hydrogen (secondary N) is 1. The Hall–Kier alpha value is -1.22. The summed E-state index contributed by atoms with van der Waals surface area (Å²) in [6, 6.07) is 13.5. The van der Waals surface area contributed by atoms with Gasteiger partial charge < -0.3 is 10.1 Å². The van der Waals surface area contributed by atoms with Crippen LogP contribution < -0.4 is 10.1 Å². The minimum Gasteiger partial charge on any atom is -0.488 e. The zero-order valence-electron chi connectivity index (χ0n) is 12.0. The van der Waals surface area contributed by atoms with E-state index in [9.17, 15) is 0 Å². The van der Waals surface area contributed by atoms with Crippen molar-refractivity contribution in [1.29, 1.82) is 0 Å². The van der Waals surface area contributed by atoms with E-state index in [1.807, 2.05) is 36.4 Å². The van der Waals surface area contributed by atoms with Gasteiger partial charge in [0, 0.05) is 27.7 Å². The van der Waals surface area contributed by atoms with E-state index in [4.69, 9.17) is 27.9 Å². The Labute approximate surface area is 136 Å². The molecule has 2 rings (SSSR count). The Balaban J connectivity index is 2.06. The second-order valence-electron chi connectivity index (χ2n) is 4.77. The minimum absolute atomic E-state index is 0.364. The molecule has 112 valence electrons. The van der Waals surface area contributed by atoms with E-state index in [-0.39, 0.29) is 0 Å². The summed E-state index contributed by atoms with van der Waals surface area (Å²) in [6.45, 7) is 4.29. The summed E-state index contributed by atoms with van der Waals surface area (Å²) in [7, 11) is 0. The summed E-state index contributed by atoms with van der Waals surface area (Å²) in [4.78, 5) is 0. The first kappa shape index (κ1) is 16.2. The SMILES string of the molecule is CCCNCc1ccccc1OCc1c(Cl)cccc1Cl. The average molecular weight is 324 g/mol. The highest BCUT2D eigenvalue weighted by atomic mass is 35.5. The van der Waals surface area contributed by atoms with Gasteiger partial charge in [0.2, 0.25) is 0 Å². The first-order chi connectivity index (χ1) is 10.2. The highest BCUT2D eigenvalue weighted by Gasteiger charge is 2.08. The van der Waals surface area contributed by atoms with Crippen LogP contribution in [0.15, 0.2) is 42.5 Å². The van der Waals surface area contributed by atoms with Crippen molar-refractivity contribution >= 4 is 23.2 Å². The summed E-state index contributed by atoms with van der Waals surface area (Å²) in [6.07, 6.45) is 1.11. The molecule has 0 amide bonds. The fraction of sp³-hybridized carbons (Fsp3) is 0.294. The average Bonchev–Trinajstić information content (AvgIpc) is 2.48. The van der Waals surface area contributed by atoms with E-state index in [2.05, 4.69) is 18.3 Å². The Bertz CT molecular complexity index is 567. The molecule has 0 radical (unpaired) electrons. The molecule has 0 fully saturated rings. The molecule has 2 aromatic rings. The molecular formula is C17H19Cl2NO. The summed E-state index contributed by atoms with van der Waals surface area (Å²) >= 11 is 12.3. The maximum Gasteiger partial charge on any atom is 0.124 e. The van der Waals surface area contributed by atoms with Gasteiger partial charge in [-0.3, -0.25) is 0 Å². The van der Waals surface area contributed by atoms with Gasteiger partial charge in [-0.15, -0.1) is 0 Å². The zero-order chi connectivity index (χ0) is 15.1. The Morgan fingerprint density at radius 2 is 1.71 bits per heavy atom. The van der Waals surface area contributed by atoms with Crippen LogP contribution >= 0.6 is 23.2 Å². The third kappa shape index (κ3) is 4.63. The van der Waals surface area contributed by atoms with Crippen LogP contribution in [0, 0.1) is 0 Å². The second kappa shape index (κ2) is 8.28. The lowest BCUT2D eigenvalue weighted by molar-refractivity contribution is 0.302. The van der Waals surface area contributed by atoms with E-state index in [0.29, 0.717) is 16.7 Å². The second-order valence-corrected chi connectivity index (χ2v) is 5.59. The molecule has 1 N–H and O–H groups in total.